The molecule has 2 aromatic carbocycles. The predicted octanol–water partition coefficient (Wildman–Crippen LogP) is 4.23. The number of pyridine rings is 1. The Morgan fingerprint density at radius 2 is 1.55 bits per heavy atom. The van der Waals surface area contributed by atoms with Crippen molar-refractivity contribution in [1.82, 2.24) is 4.98 Å². The van der Waals surface area contributed by atoms with E-state index in [0.717, 1.165) is 33.1 Å². The van der Waals surface area contributed by atoms with Gasteiger partial charge in [-0.05, 0) is 18.2 Å². The summed E-state index contributed by atoms with van der Waals surface area (Å²) in [6.45, 7) is 0. The molecule has 5 heteroatoms. The molecule has 0 amide bonds. The fourth-order valence-corrected chi connectivity index (χ4v) is 2.68. The highest BCUT2D eigenvalue weighted by atomic mass is 35.5. The van der Waals surface area contributed by atoms with E-state index in [-0.39, 0.29) is 12.4 Å². The zero-order chi connectivity index (χ0) is 14.4. The molecule has 4 N–H and O–H groups in total. The van der Waals surface area contributed by atoms with E-state index in [1.807, 2.05) is 42.5 Å². The van der Waals surface area contributed by atoms with E-state index < -0.39 is 0 Å². The van der Waals surface area contributed by atoms with Gasteiger partial charge >= 0.3 is 0 Å². The molecular weight excluding hydrogens is 298 g/mol. The topological polar surface area (TPSA) is 78.1 Å². The van der Waals surface area contributed by atoms with Gasteiger partial charge in [0.05, 0.1) is 0 Å². The largest absolute Gasteiger partial charge is 0.455 e. The van der Waals surface area contributed by atoms with Gasteiger partial charge in [0.15, 0.2) is 0 Å². The molecule has 0 spiro atoms. The number of nitrogen functional groups attached to an aromatic ring is 2. The Morgan fingerprint density at radius 3 is 2.36 bits per heavy atom. The lowest BCUT2D eigenvalue weighted by molar-refractivity contribution is 0.670. The first kappa shape index (κ1) is 14.2. The lowest BCUT2D eigenvalue weighted by atomic mass is 10.0. The normalized spacial score (nSPS) is 10.7. The van der Waals surface area contributed by atoms with E-state index in [2.05, 4.69) is 11.1 Å². The first-order valence-electron chi connectivity index (χ1n) is 6.66. The Kier molecular flexibility index (Phi) is 3.39. The molecule has 2 aromatic heterocycles. The summed E-state index contributed by atoms with van der Waals surface area (Å²) in [5.74, 6) is 0.816. The first-order chi connectivity index (χ1) is 10.2. The van der Waals surface area contributed by atoms with Crippen LogP contribution in [0.4, 0.5) is 11.6 Å². The number of halogens is 1. The van der Waals surface area contributed by atoms with Crippen LogP contribution in [0.2, 0.25) is 0 Å². The molecule has 0 bridgehead atoms. The van der Waals surface area contributed by atoms with Crippen molar-refractivity contribution in [2.24, 2.45) is 0 Å². The third-order valence-corrected chi connectivity index (χ3v) is 3.64. The molecule has 0 atom stereocenters. The number of para-hydroxylation sites is 2. The van der Waals surface area contributed by atoms with Gasteiger partial charge in [0.1, 0.15) is 22.8 Å². The maximum absolute atomic E-state index is 6.01. The Balaban J connectivity index is 0.00000144. The molecule has 4 nitrogen and oxygen atoms in total. The minimum atomic E-state index is 0. The number of rotatable bonds is 1. The van der Waals surface area contributed by atoms with E-state index in [4.69, 9.17) is 15.9 Å². The van der Waals surface area contributed by atoms with Crippen LogP contribution in [0.3, 0.4) is 0 Å². The molecule has 0 aliphatic rings. The SMILES string of the molecule is Cl.Nc1ccc(-c2cccc3c2oc2ccccc23)c(N)n1. The van der Waals surface area contributed by atoms with E-state index in [1.165, 1.54) is 0 Å². The van der Waals surface area contributed by atoms with Crippen LogP contribution in [0.1, 0.15) is 0 Å². The van der Waals surface area contributed by atoms with Crippen LogP contribution in [0.5, 0.6) is 0 Å². The summed E-state index contributed by atoms with van der Waals surface area (Å²) in [7, 11) is 0. The fourth-order valence-electron chi connectivity index (χ4n) is 2.68. The van der Waals surface area contributed by atoms with Gasteiger partial charge in [0.2, 0.25) is 0 Å². The second-order valence-electron chi connectivity index (χ2n) is 4.95. The van der Waals surface area contributed by atoms with Crippen LogP contribution in [0.15, 0.2) is 59.0 Å². The summed E-state index contributed by atoms with van der Waals surface area (Å²) >= 11 is 0. The highest BCUT2D eigenvalue weighted by molar-refractivity contribution is 6.10. The van der Waals surface area contributed by atoms with Crippen LogP contribution in [-0.4, -0.2) is 4.98 Å². The molecule has 4 rings (SSSR count). The van der Waals surface area contributed by atoms with Crippen molar-refractivity contribution in [1.29, 1.82) is 0 Å². The second-order valence-corrected chi connectivity index (χ2v) is 4.95. The van der Waals surface area contributed by atoms with E-state index in [1.54, 1.807) is 6.07 Å². The van der Waals surface area contributed by atoms with Crippen LogP contribution < -0.4 is 11.5 Å². The number of anilines is 2. The molecule has 0 radical (unpaired) electrons. The van der Waals surface area contributed by atoms with Crippen molar-refractivity contribution in [3.8, 4) is 11.1 Å². The van der Waals surface area contributed by atoms with Crippen molar-refractivity contribution in [3.63, 3.8) is 0 Å². The number of aromatic nitrogens is 1. The predicted molar refractivity (Wildman–Crippen MR) is 93.0 cm³/mol. The molecule has 0 aliphatic heterocycles. The quantitative estimate of drug-likeness (QED) is 0.551. The van der Waals surface area contributed by atoms with E-state index in [0.29, 0.717) is 11.6 Å². The number of furan rings is 1. The smallest absolute Gasteiger partial charge is 0.143 e. The molecule has 0 saturated carbocycles. The van der Waals surface area contributed by atoms with Gasteiger partial charge in [-0.15, -0.1) is 12.4 Å². The molecule has 0 saturated heterocycles. The summed E-state index contributed by atoms with van der Waals surface area (Å²) < 4.78 is 6.01. The van der Waals surface area contributed by atoms with E-state index >= 15 is 0 Å². The van der Waals surface area contributed by atoms with Gasteiger partial charge in [0.25, 0.3) is 0 Å². The van der Waals surface area contributed by atoms with Gasteiger partial charge in [-0.1, -0.05) is 36.4 Å². The molecular formula is C17H14ClN3O. The van der Waals surface area contributed by atoms with Crippen molar-refractivity contribution >= 4 is 46.0 Å². The third kappa shape index (κ3) is 2.05. The average molecular weight is 312 g/mol. The molecule has 110 valence electrons. The summed E-state index contributed by atoms with van der Waals surface area (Å²) in [5.41, 5.74) is 15.1. The summed E-state index contributed by atoms with van der Waals surface area (Å²) in [6, 6.07) is 17.6. The summed E-state index contributed by atoms with van der Waals surface area (Å²) in [4.78, 5) is 4.12. The zero-order valence-electron chi connectivity index (χ0n) is 11.6. The minimum Gasteiger partial charge on any atom is -0.455 e. The lowest BCUT2D eigenvalue weighted by Crippen LogP contribution is -1.98. The molecule has 2 heterocycles. The highest BCUT2D eigenvalue weighted by Crippen LogP contribution is 2.37. The zero-order valence-corrected chi connectivity index (χ0v) is 12.4. The Morgan fingerprint density at radius 1 is 0.773 bits per heavy atom. The van der Waals surface area contributed by atoms with Gasteiger partial charge in [-0.3, -0.25) is 0 Å². The standard InChI is InChI=1S/C17H13N3O.ClH/c18-15-9-8-13(17(19)20-15)12-6-3-5-11-10-4-1-2-7-14(10)21-16(11)12;/h1-9H,(H4,18,19,20);1H. The Hall–Kier alpha value is -2.72. The van der Waals surface area contributed by atoms with Crippen LogP contribution >= 0.6 is 12.4 Å². The Labute approximate surface area is 133 Å². The number of fused-ring (bicyclic) bond motifs is 3. The van der Waals surface area contributed by atoms with Gasteiger partial charge in [-0.2, -0.15) is 0 Å². The van der Waals surface area contributed by atoms with Gasteiger partial charge in [-0.25, -0.2) is 4.98 Å². The minimum absolute atomic E-state index is 0. The number of benzene rings is 2. The lowest BCUT2D eigenvalue weighted by Gasteiger charge is -2.06. The number of nitrogens with zero attached hydrogens (tertiary/aromatic N) is 1. The van der Waals surface area contributed by atoms with Gasteiger partial charge in [0, 0.05) is 21.9 Å². The van der Waals surface area contributed by atoms with Crippen LogP contribution in [0, 0.1) is 0 Å². The second kappa shape index (κ2) is 5.24. The van der Waals surface area contributed by atoms with Crippen molar-refractivity contribution < 1.29 is 4.42 Å². The molecule has 22 heavy (non-hydrogen) atoms. The van der Waals surface area contributed by atoms with Crippen molar-refractivity contribution in [3.05, 3.63) is 54.6 Å². The summed E-state index contributed by atoms with van der Waals surface area (Å²) in [5, 5.41) is 2.16. The molecule has 4 aromatic rings. The maximum atomic E-state index is 6.01. The summed E-state index contributed by atoms with van der Waals surface area (Å²) in [6.07, 6.45) is 0. The van der Waals surface area contributed by atoms with Crippen molar-refractivity contribution in [2.75, 3.05) is 11.5 Å². The fraction of sp³-hybridized carbons (Fsp3) is 0. The Bertz CT molecular complexity index is 978. The first-order valence-corrected chi connectivity index (χ1v) is 6.66. The van der Waals surface area contributed by atoms with Gasteiger partial charge < -0.3 is 15.9 Å². The van der Waals surface area contributed by atoms with Crippen LogP contribution in [0.25, 0.3) is 33.1 Å². The number of hydrogen-bond donors (Lipinski definition) is 2. The molecule has 0 fully saturated rings. The molecule has 0 aliphatic carbocycles. The highest BCUT2D eigenvalue weighted by Gasteiger charge is 2.13. The average Bonchev–Trinajstić information content (AvgIpc) is 2.86. The maximum Gasteiger partial charge on any atom is 0.143 e. The third-order valence-electron chi connectivity index (χ3n) is 3.64. The van der Waals surface area contributed by atoms with E-state index in [9.17, 15) is 0 Å². The number of nitrogens with two attached hydrogens (primary N) is 2. The van der Waals surface area contributed by atoms with Crippen molar-refractivity contribution in [2.45, 2.75) is 0 Å². The monoisotopic (exact) mass is 311 g/mol. The number of hydrogen-bond acceptors (Lipinski definition) is 4. The van der Waals surface area contributed by atoms with Crippen LogP contribution in [-0.2, 0) is 0 Å². The molecule has 0 unspecified atom stereocenters.